The van der Waals surface area contributed by atoms with Crippen molar-refractivity contribution >= 4 is 41.8 Å². The van der Waals surface area contributed by atoms with Crippen molar-refractivity contribution in [1.82, 2.24) is 20.6 Å². The molecule has 0 spiro atoms. The number of halogens is 2. The van der Waals surface area contributed by atoms with Crippen LogP contribution in [-0.4, -0.2) is 35.5 Å². The van der Waals surface area contributed by atoms with E-state index in [1.165, 1.54) is 12.8 Å². The molecule has 3 rings (SSSR count). The third-order valence-electron chi connectivity index (χ3n) is 3.92. The molecule has 1 aromatic carbocycles. The fourth-order valence-electron chi connectivity index (χ4n) is 2.72. The number of rotatable bonds is 4. The topological polar surface area (TPSA) is 66.9 Å². The number of benzene rings is 1. The first-order valence-corrected chi connectivity index (χ1v) is 7.53. The van der Waals surface area contributed by atoms with Crippen LogP contribution >= 0.6 is 24.8 Å². The molecule has 0 saturated carbocycles. The Morgan fingerprint density at radius 1 is 1.26 bits per heavy atom. The summed E-state index contributed by atoms with van der Waals surface area (Å²) in [7, 11) is 0. The average molecular weight is 357 g/mol. The van der Waals surface area contributed by atoms with E-state index < -0.39 is 0 Å². The Bertz CT molecular complexity index is 632. The minimum atomic E-state index is -0.142. The zero-order chi connectivity index (χ0) is 14.5. The molecule has 1 aromatic heterocycles. The van der Waals surface area contributed by atoms with E-state index in [0.29, 0.717) is 18.2 Å². The number of carbonyl (C=O) groups is 1. The number of para-hydroxylation sites is 2. The number of amides is 1. The van der Waals surface area contributed by atoms with Gasteiger partial charge in [0.15, 0.2) is 0 Å². The van der Waals surface area contributed by atoms with Gasteiger partial charge >= 0.3 is 0 Å². The van der Waals surface area contributed by atoms with E-state index in [-0.39, 0.29) is 30.7 Å². The Hall–Kier alpha value is -1.43. The molecule has 1 aliphatic rings. The van der Waals surface area contributed by atoms with Crippen LogP contribution in [0, 0.1) is 5.92 Å². The number of hydrogen-bond donors (Lipinski definition) is 2. The lowest BCUT2D eigenvalue weighted by Gasteiger charge is -2.22. The first kappa shape index (κ1) is 19.6. The maximum atomic E-state index is 12.1. The van der Waals surface area contributed by atoms with Crippen molar-refractivity contribution in [3.05, 3.63) is 36.2 Å². The quantitative estimate of drug-likeness (QED) is 0.883. The van der Waals surface area contributed by atoms with E-state index in [1.807, 2.05) is 24.3 Å². The van der Waals surface area contributed by atoms with Gasteiger partial charge in [0.2, 0.25) is 0 Å². The molecule has 1 amide bonds. The number of aromatic nitrogens is 2. The maximum Gasteiger partial charge on any atom is 0.271 e. The van der Waals surface area contributed by atoms with Crippen LogP contribution in [0.1, 0.15) is 29.8 Å². The third-order valence-corrected chi connectivity index (χ3v) is 3.92. The molecule has 1 atom stereocenters. The highest BCUT2D eigenvalue weighted by molar-refractivity contribution is 5.93. The summed E-state index contributed by atoms with van der Waals surface area (Å²) >= 11 is 0. The highest BCUT2D eigenvalue weighted by atomic mass is 35.5. The molecule has 0 aliphatic carbocycles. The smallest absolute Gasteiger partial charge is 0.271 e. The predicted molar refractivity (Wildman–Crippen MR) is 96.6 cm³/mol. The van der Waals surface area contributed by atoms with Crippen molar-refractivity contribution in [2.45, 2.75) is 19.3 Å². The molecule has 1 aliphatic heterocycles. The van der Waals surface area contributed by atoms with Gasteiger partial charge in [-0.15, -0.1) is 24.8 Å². The second-order valence-electron chi connectivity index (χ2n) is 5.50. The molecule has 0 radical (unpaired) electrons. The van der Waals surface area contributed by atoms with Crippen molar-refractivity contribution in [2.24, 2.45) is 5.92 Å². The second kappa shape index (κ2) is 9.65. The number of nitrogens with one attached hydrogen (secondary N) is 2. The highest BCUT2D eigenvalue weighted by Crippen LogP contribution is 2.13. The third kappa shape index (κ3) is 5.30. The first-order valence-electron chi connectivity index (χ1n) is 7.53. The summed E-state index contributed by atoms with van der Waals surface area (Å²) in [6.45, 7) is 2.88. The lowest BCUT2D eigenvalue weighted by Crippen LogP contribution is -2.33. The largest absolute Gasteiger partial charge is 0.351 e. The van der Waals surface area contributed by atoms with Gasteiger partial charge in [0.1, 0.15) is 5.69 Å². The SMILES string of the molecule is Cl.Cl.O=C(NCCC1CCCNC1)c1cnc2ccccc2n1. The monoisotopic (exact) mass is 356 g/mol. The van der Waals surface area contributed by atoms with E-state index in [9.17, 15) is 4.79 Å². The number of nitrogens with zero attached hydrogens (tertiary/aromatic N) is 2. The minimum absolute atomic E-state index is 0. The Morgan fingerprint density at radius 3 is 2.78 bits per heavy atom. The Kier molecular flexibility index (Phi) is 8.23. The fraction of sp³-hybridized carbons (Fsp3) is 0.438. The van der Waals surface area contributed by atoms with Gasteiger partial charge in [0, 0.05) is 6.54 Å². The van der Waals surface area contributed by atoms with Gasteiger partial charge in [-0.1, -0.05) is 12.1 Å². The van der Waals surface area contributed by atoms with Gasteiger partial charge in [-0.2, -0.15) is 0 Å². The standard InChI is InChI=1S/C16H20N4O.2ClH/c21-16(18-9-7-12-4-3-8-17-10-12)15-11-19-13-5-1-2-6-14(13)20-15;;/h1-2,5-6,11-12,17H,3-4,7-10H2,(H,18,21);2*1H. The molecule has 126 valence electrons. The zero-order valence-corrected chi connectivity index (χ0v) is 14.5. The second-order valence-corrected chi connectivity index (χ2v) is 5.50. The van der Waals surface area contributed by atoms with Gasteiger partial charge in [-0.25, -0.2) is 4.98 Å². The molecule has 2 heterocycles. The van der Waals surface area contributed by atoms with Crippen molar-refractivity contribution in [1.29, 1.82) is 0 Å². The normalized spacial score (nSPS) is 17.0. The van der Waals surface area contributed by atoms with Crippen LogP contribution < -0.4 is 10.6 Å². The van der Waals surface area contributed by atoms with Gasteiger partial charge in [0.05, 0.1) is 17.2 Å². The van der Waals surface area contributed by atoms with E-state index >= 15 is 0 Å². The van der Waals surface area contributed by atoms with Gasteiger partial charge in [-0.05, 0) is 50.4 Å². The predicted octanol–water partition coefficient (Wildman–Crippen LogP) is 2.59. The van der Waals surface area contributed by atoms with Crippen LogP contribution in [0.4, 0.5) is 0 Å². The summed E-state index contributed by atoms with van der Waals surface area (Å²) in [6, 6.07) is 7.57. The molecule has 2 aromatic rings. The number of piperidine rings is 1. The van der Waals surface area contributed by atoms with Crippen molar-refractivity contribution < 1.29 is 4.79 Å². The molecule has 1 fully saturated rings. The average Bonchev–Trinajstić information content (AvgIpc) is 2.55. The minimum Gasteiger partial charge on any atom is -0.351 e. The van der Waals surface area contributed by atoms with Crippen molar-refractivity contribution in [2.75, 3.05) is 19.6 Å². The van der Waals surface area contributed by atoms with Crippen LogP contribution in [0.25, 0.3) is 11.0 Å². The van der Waals surface area contributed by atoms with Crippen molar-refractivity contribution in [3.8, 4) is 0 Å². The summed E-state index contributed by atoms with van der Waals surface area (Å²) in [5.74, 6) is 0.527. The molecule has 0 bridgehead atoms. The Labute approximate surface area is 148 Å². The van der Waals surface area contributed by atoms with E-state index in [4.69, 9.17) is 0 Å². The molecule has 2 N–H and O–H groups in total. The summed E-state index contributed by atoms with van der Waals surface area (Å²) in [5, 5.41) is 6.33. The van der Waals surface area contributed by atoms with Crippen LogP contribution in [0.3, 0.4) is 0 Å². The van der Waals surface area contributed by atoms with Crippen LogP contribution in [0.2, 0.25) is 0 Å². The van der Waals surface area contributed by atoms with Gasteiger partial charge in [0.25, 0.3) is 5.91 Å². The Morgan fingerprint density at radius 2 is 2.04 bits per heavy atom. The van der Waals surface area contributed by atoms with Crippen LogP contribution in [0.5, 0.6) is 0 Å². The zero-order valence-electron chi connectivity index (χ0n) is 12.8. The summed E-state index contributed by atoms with van der Waals surface area (Å²) in [4.78, 5) is 20.7. The summed E-state index contributed by atoms with van der Waals surface area (Å²) in [5.41, 5.74) is 1.94. The highest BCUT2D eigenvalue weighted by Gasteiger charge is 2.14. The van der Waals surface area contributed by atoms with E-state index in [1.54, 1.807) is 6.20 Å². The summed E-state index contributed by atoms with van der Waals surface area (Å²) < 4.78 is 0. The number of hydrogen-bond acceptors (Lipinski definition) is 4. The van der Waals surface area contributed by atoms with Crippen molar-refractivity contribution in [3.63, 3.8) is 0 Å². The molecular formula is C16H22Cl2N4O. The lowest BCUT2D eigenvalue weighted by molar-refractivity contribution is 0.0945. The van der Waals surface area contributed by atoms with Crippen LogP contribution in [0.15, 0.2) is 30.5 Å². The molecule has 1 saturated heterocycles. The molecular weight excluding hydrogens is 335 g/mol. The lowest BCUT2D eigenvalue weighted by atomic mass is 9.96. The molecule has 7 heteroatoms. The fourth-order valence-corrected chi connectivity index (χ4v) is 2.72. The number of carbonyl (C=O) groups excluding carboxylic acids is 1. The molecule has 23 heavy (non-hydrogen) atoms. The molecule has 1 unspecified atom stereocenters. The van der Waals surface area contributed by atoms with E-state index in [2.05, 4.69) is 20.6 Å². The van der Waals surface area contributed by atoms with Crippen LogP contribution in [-0.2, 0) is 0 Å². The van der Waals surface area contributed by atoms with Gasteiger partial charge in [-0.3, -0.25) is 9.78 Å². The summed E-state index contributed by atoms with van der Waals surface area (Å²) in [6.07, 6.45) is 5.03. The first-order chi connectivity index (χ1) is 10.3. The maximum absolute atomic E-state index is 12.1. The van der Waals surface area contributed by atoms with E-state index in [0.717, 1.165) is 30.5 Å². The molecule has 5 nitrogen and oxygen atoms in total. The number of fused-ring (bicyclic) bond motifs is 1. The van der Waals surface area contributed by atoms with Gasteiger partial charge < -0.3 is 10.6 Å². The Balaban J connectivity index is 0.00000132.